The van der Waals surface area contributed by atoms with Crippen LogP contribution < -0.4 is 0 Å². The van der Waals surface area contributed by atoms with Gasteiger partial charge >= 0.3 is 0 Å². The Labute approximate surface area is 104 Å². The predicted molar refractivity (Wildman–Crippen MR) is 67.7 cm³/mol. The van der Waals surface area contributed by atoms with Gasteiger partial charge in [-0.05, 0) is 39.0 Å². The number of sulfone groups is 1. The molecule has 102 valence electrons. The molecule has 0 spiro atoms. The number of hydrogen-bond acceptors (Lipinski definition) is 4. The lowest BCUT2D eigenvalue weighted by molar-refractivity contribution is -0.0263. The van der Waals surface area contributed by atoms with Crippen molar-refractivity contribution in [1.82, 2.24) is 0 Å². The molecule has 0 aromatic carbocycles. The zero-order valence-electron chi connectivity index (χ0n) is 10.9. The standard InChI is InChI=1S/C12H24O4S/c1-9(2)16-8-12(13)10-5-4-6-11(7-10)17(3,14)15/h9-13H,4-8H2,1-3H3. The van der Waals surface area contributed by atoms with Crippen LogP contribution in [0.15, 0.2) is 0 Å². The lowest BCUT2D eigenvalue weighted by Gasteiger charge is -2.31. The topological polar surface area (TPSA) is 63.6 Å². The molecule has 0 heterocycles. The van der Waals surface area contributed by atoms with E-state index in [-0.39, 0.29) is 17.3 Å². The van der Waals surface area contributed by atoms with Crippen LogP contribution in [0.4, 0.5) is 0 Å². The minimum absolute atomic E-state index is 0.0576. The molecule has 1 aliphatic rings. The molecular weight excluding hydrogens is 240 g/mol. The molecule has 0 amide bonds. The minimum Gasteiger partial charge on any atom is -0.390 e. The first-order valence-corrected chi connectivity index (χ1v) is 8.24. The molecular formula is C12H24O4S. The highest BCUT2D eigenvalue weighted by molar-refractivity contribution is 7.91. The maximum atomic E-state index is 11.5. The number of aliphatic hydroxyl groups excluding tert-OH is 1. The molecule has 3 unspecified atom stereocenters. The van der Waals surface area contributed by atoms with Crippen LogP contribution in [0.1, 0.15) is 39.5 Å². The van der Waals surface area contributed by atoms with Crippen LogP contribution >= 0.6 is 0 Å². The second kappa shape index (κ2) is 6.16. The Hall–Kier alpha value is -0.130. The van der Waals surface area contributed by atoms with E-state index >= 15 is 0 Å². The highest BCUT2D eigenvalue weighted by atomic mass is 32.2. The van der Waals surface area contributed by atoms with Crippen LogP contribution in [-0.4, -0.2) is 43.8 Å². The van der Waals surface area contributed by atoms with Crippen LogP contribution in [0.5, 0.6) is 0 Å². The smallest absolute Gasteiger partial charge is 0.150 e. The number of rotatable bonds is 5. The van der Waals surface area contributed by atoms with Crippen molar-refractivity contribution >= 4 is 9.84 Å². The molecule has 17 heavy (non-hydrogen) atoms. The summed E-state index contributed by atoms with van der Waals surface area (Å²) < 4.78 is 28.4. The number of ether oxygens (including phenoxy) is 1. The van der Waals surface area contributed by atoms with Gasteiger partial charge in [0.1, 0.15) is 9.84 Å². The van der Waals surface area contributed by atoms with Crippen molar-refractivity contribution in [3.05, 3.63) is 0 Å². The Bertz CT molecular complexity index is 323. The predicted octanol–water partition coefficient (Wildman–Crippen LogP) is 1.38. The summed E-state index contributed by atoms with van der Waals surface area (Å²) >= 11 is 0. The maximum absolute atomic E-state index is 11.5. The molecule has 0 radical (unpaired) electrons. The third-order valence-corrected chi connectivity index (χ3v) is 5.06. The fourth-order valence-corrected chi connectivity index (χ4v) is 3.54. The molecule has 3 atom stereocenters. The van der Waals surface area contributed by atoms with Gasteiger partial charge in [0.15, 0.2) is 0 Å². The van der Waals surface area contributed by atoms with Crippen molar-refractivity contribution in [2.75, 3.05) is 12.9 Å². The van der Waals surface area contributed by atoms with E-state index in [0.717, 1.165) is 19.3 Å². The van der Waals surface area contributed by atoms with E-state index in [1.54, 1.807) is 0 Å². The summed E-state index contributed by atoms with van der Waals surface area (Å²) in [6.07, 6.45) is 3.92. The highest BCUT2D eigenvalue weighted by Crippen LogP contribution is 2.30. The first kappa shape index (κ1) is 14.9. The van der Waals surface area contributed by atoms with Gasteiger partial charge in [-0.2, -0.15) is 0 Å². The summed E-state index contributed by atoms with van der Waals surface area (Å²) in [5.74, 6) is 0.0576. The van der Waals surface area contributed by atoms with Crippen LogP contribution in [0.2, 0.25) is 0 Å². The van der Waals surface area contributed by atoms with E-state index in [1.165, 1.54) is 6.26 Å². The second-order valence-electron chi connectivity index (χ2n) is 5.33. The van der Waals surface area contributed by atoms with Crippen LogP contribution in [0.25, 0.3) is 0 Å². The quantitative estimate of drug-likeness (QED) is 0.814. The molecule has 5 heteroatoms. The van der Waals surface area contributed by atoms with E-state index in [1.807, 2.05) is 13.8 Å². The van der Waals surface area contributed by atoms with E-state index in [0.29, 0.717) is 13.0 Å². The fraction of sp³-hybridized carbons (Fsp3) is 1.00. The monoisotopic (exact) mass is 264 g/mol. The second-order valence-corrected chi connectivity index (χ2v) is 7.65. The van der Waals surface area contributed by atoms with E-state index < -0.39 is 15.9 Å². The van der Waals surface area contributed by atoms with Gasteiger partial charge in [0.2, 0.25) is 0 Å². The van der Waals surface area contributed by atoms with E-state index in [9.17, 15) is 13.5 Å². The van der Waals surface area contributed by atoms with Gasteiger partial charge in [-0.25, -0.2) is 8.42 Å². The normalized spacial score (nSPS) is 28.3. The van der Waals surface area contributed by atoms with Crippen LogP contribution in [0.3, 0.4) is 0 Å². The SMILES string of the molecule is CC(C)OCC(O)C1CCCC(S(C)(=O)=O)C1. The Morgan fingerprint density at radius 1 is 1.35 bits per heavy atom. The third kappa shape index (κ3) is 4.94. The number of hydrogen-bond donors (Lipinski definition) is 1. The first-order valence-electron chi connectivity index (χ1n) is 6.29. The lowest BCUT2D eigenvalue weighted by Crippen LogP contribution is -2.35. The molecule has 1 fully saturated rings. The molecule has 0 bridgehead atoms. The van der Waals surface area contributed by atoms with Gasteiger partial charge in [0.25, 0.3) is 0 Å². The summed E-state index contributed by atoms with van der Waals surface area (Å²) in [4.78, 5) is 0. The van der Waals surface area contributed by atoms with Crippen molar-refractivity contribution in [2.45, 2.75) is 57.0 Å². The first-order chi connectivity index (χ1) is 7.80. The highest BCUT2D eigenvalue weighted by Gasteiger charge is 2.32. The van der Waals surface area contributed by atoms with Crippen molar-refractivity contribution in [1.29, 1.82) is 0 Å². The molecule has 0 aromatic rings. The fourth-order valence-electron chi connectivity index (χ4n) is 2.35. The average Bonchev–Trinajstić information content (AvgIpc) is 2.25. The van der Waals surface area contributed by atoms with Crippen molar-refractivity contribution in [3.63, 3.8) is 0 Å². The van der Waals surface area contributed by atoms with Crippen LogP contribution in [-0.2, 0) is 14.6 Å². The molecule has 1 N–H and O–H groups in total. The van der Waals surface area contributed by atoms with Gasteiger partial charge in [-0.3, -0.25) is 0 Å². The lowest BCUT2D eigenvalue weighted by atomic mass is 9.85. The molecule has 0 aromatic heterocycles. The molecule has 0 saturated heterocycles. The molecule has 1 saturated carbocycles. The summed E-state index contributed by atoms with van der Waals surface area (Å²) in [6, 6.07) is 0. The molecule has 0 aliphatic heterocycles. The van der Waals surface area contributed by atoms with Gasteiger partial charge in [0.05, 0.1) is 24.1 Å². The van der Waals surface area contributed by atoms with Crippen molar-refractivity contribution < 1.29 is 18.3 Å². The zero-order valence-corrected chi connectivity index (χ0v) is 11.7. The molecule has 1 aliphatic carbocycles. The van der Waals surface area contributed by atoms with Gasteiger partial charge in [-0.15, -0.1) is 0 Å². The zero-order chi connectivity index (χ0) is 13.1. The summed E-state index contributed by atoms with van der Waals surface area (Å²) in [5, 5.41) is 9.70. The van der Waals surface area contributed by atoms with Gasteiger partial charge < -0.3 is 9.84 Å². The summed E-state index contributed by atoms with van der Waals surface area (Å²) in [5.41, 5.74) is 0. The largest absolute Gasteiger partial charge is 0.390 e. The van der Waals surface area contributed by atoms with E-state index in [4.69, 9.17) is 4.74 Å². The Morgan fingerprint density at radius 2 is 2.00 bits per heavy atom. The minimum atomic E-state index is -2.98. The average molecular weight is 264 g/mol. The third-order valence-electron chi connectivity index (χ3n) is 3.42. The van der Waals surface area contributed by atoms with Gasteiger partial charge in [0, 0.05) is 6.26 Å². The number of aliphatic hydroxyl groups is 1. The van der Waals surface area contributed by atoms with Crippen molar-refractivity contribution in [2.24, 2.45) is 5.92 Å². The Balaban J connectivity index is 2.49. The Morgan fingerprint density at radius 3 is 2.53 bits per heavy atom. The van der Waals surface area contributed by atoms with Crippen LogP contribution in [0, 0.1) is 5.92 Å². The maximum Gasteiger partial charge on any atom is 0.150 e. The van der Waals surface area contributed by atoms with Crippen molar-refractivity contribution in [3.8, 4) is 0 Å². The van der Waals surface area contributed by atoms with E-state index in [2.05, 4.69) is 0 Å². The summed E-state index contributed by atoms with van der Waals surface area (Å²) in [6.45, 7) is 4.15. The Kier molecular flexibility index (Phi) is 5.41. The summed E-state index contributed by atoms with van der Waals surface area (Å²) in [7, 11) is -2.98. The molecule has 1 rings (SSSR count). The van der Waals surface area contributed by atoms with Gasteiger partial charge in [-0.1, -0.05) is 6.42 Å². The molecule has 4 nitrogen and oxygen atoms in total.